The molecule has 0 saturated carbocycles. The lowest BCUT2D eigenvalue weighted by molar-refractivity contribution is 0.0459. The van der Waals surface area contributed by atoms with Gasteiger partial charge >= 0.3 is 0 Å². The van der Waals surface area contributed by atoms with E-state index in [-0.39, 0.29) is 0 Å². The minimum absolute atomic E-state index is 0.305. The molecule has 0 aliphatic rings. The van der Waals surface area contributed by atoms with Crippen molar-refractivity contribution in [3.63, 3.8) is 0 Å². The van der Waals surface area contributed by atoms with Crippen molar-refractivity contribution < 1.29 is 0 Å². The third-order valence-corrected chi connectivity index (χ3v) is 3.61. The third-order valence-electron chi connectivity index (χ3n) is 3.61. The first-order valence-corrected chi connectivity index (χ1v) is 7.15. The van der Waals surface area contributed by atoms with Crippen LogP contribution in [0.3, 0.4) is 0 Å². The highest BCUT2D eigenvalue weighted by molar-refractivity contribution is 4.85. The van der Waals surface area contributed by atoms with Crippen LogP contribution in [0.25, 0.3) is 0 Å². The van der Waals surface area contributed by atoms with Gasteiger partial charge in [0.15, 0.2) is 0 Å². The maximum absolute atomic E-state index is 2.73. The molecule has 0 aliphatic heterocycles. The zero-order valence-electron chi connectivity index (χ0n) is 12.6. The van der Waals surface area contributed by atoms with Crippen LogP contribution in [0.2, 0.25) is 0 Å². The van der Waals surface area contributed by atoms with E-state index in [1.165, 1.54) is 32.2 Å². The van der Waals surface area contributed by atoms with E-state index >= 15 is 0 Å². The first kappa shape index (κ1) is 16.0. The van der Waals surface area contributed by atoms with Crippen molar-refractivity contribution in [2.45, 2.75) is 85.7 Å². The van der Waals surface area contributed by atoms with E-state index in [1.54, 1.807) is 0 Å². The lowest BCUT2D eigenvalue weighted by Gasteiger charge is -2.44. The SMILES string of the molecule is CCCC(C(C)CC)N(CCC)C(C)(C)C. The highest BCUT2D eigenvalue weighted by Gasteiger charge is 2.30. The summed E-state index contributed by atoms with van der Waals surface area (Å²) in [5.74, 6) is 0.811. The molecule has 2 unspecified atom stereocenters. The van der Waals surface area contributed by atoms with Crippen LogP contribution in [0, 0.1) is 5.92 Å². The molecular weight excluding hydrogens is 194 g/mol. The fourth-order valence-electron chi connectivity index (χ4n) is 2.55. The lowest BCUT2D eigenvalue weighted by atomic mass is 9.89. The Balaban J connectivity index is 4.79. The Morgan fingerprint density at radius 2 is 1.56 bits per heavy atom. The minimum Gasteiger partial charge on any atom is -0.295 e. The van der Waals surface area contributed by atoms with Crippen LogP contribution in [0.5, 0.6) is 0 Å². The van der Waals surface area contributed by atoms with Crippen LogP contribution in [0.1, 0.15) is 74.1 Å². The van der Waals surface area contributed by atoms with Crippen molar-refractivity contribution in [3.05, 3.63) is 0 Å². The molecule has 0 radical (unpaired) electrons. The maximum Gasteiger partial charge on any atom is 0.0128 e. The van der Waals surface area contributed by atoms with E-state index in [4.69, 9.17) is 0 Å². The second-order valence-corrected chi connectivity index (χ2v) is 6.11. The van der Waals surface area contributed by atoms with Crippen LogP contribution in [0.4, 0.5) is 0 Å². The van der Waals surface area contributed by atoms with Crippen LogP contribution in [-0.2, 0) is 0 Å². The van der Waals surface area contributed by atoms with E-state index in [1.807, 2.05) is 0 Å². The molecule has 0 amide bonds. The molecule has 0 heterocycles. The van der Waals surface area contributed by atoms with Crippen molar-refractivity contribution in [2.75, 3.05) is 6.54 Å². The molecule has 0 N–H and O–H groups in total. The van der Waals surface area contributed by atoms with Crippen LogP contribution in [-0.4, -0.2) is 23.0 Å². The molecule has 0 aromatic carbocycles. The van der Waals surface area contributed by atoms with E-state index in [0.29, 0.717) is 5.54 Å². The first-order chi connectivity index (χ1) is 7.38. The number of nitrogens with zero attached hydrogens (tertiary/aromatic N) is 1. The van der Waals surface area contributed by atoms with Gasteiger partial charge in [-0.1, -0.05) is 40.5 Å². The molecule has 1 heteroatoms. The highest BCUT2D eigenvalue weighted by Crippen LogP contribution is 2.26. The Hall–Kier alpha value is -0.0400. The average Bonchev–Trinajstić information content (AvgIpc) is 2.20. The van der Waals surface area contributed by atoms with Crippen molar-refractivity contribution in [2.24, 2.45) is 5.92 Å². The summed E-state index contributed by atoms with van der Waals surface area (Å²) in [6.45, 7) is 17.6. The van der Waals surface area contributed by atoms with Gasteiger partial charge in [0.05, 0.1) is 0 Å². The predicted octanol–water partition coefficient (Wildman–Crippen LogP) is 4.71. The molecule has 98 valence electrons. The number of hydrogen-bond donors (Lipinski definition) is 0. The van der Waals surface area contributed by atoms with Gasteiger partial charge in [-0.25, -0.2) is 0 Å². The summed E-state index contributed by atoms with van der Waals surface area (Å²) >= 11 is 0. The quantitative estimate of drug-likeness (QED) is 0.609. The lowest BCUT2D eigenvalue weighted by Crippen LogP contribution is -2.50. The summed E-state index contributed by atoms with van der Waals surface area (Å²) in [6.07, 6.45) is 5.19. The second kappa shape index (κ2) is 7.32. The number of hydrogen-bond acceptors (Lipinski definition) is 1. The van der Waals surface area contributed by atoms with E-state index in [2.05, 4.69) is 53.4 Å². The van der Waals surface area contributed by atoms with Gasteiger partial charge in [0, 0.05) is 11.6 Å². The largest absolute Gasteiger partial charge is 0.295 e. The van der Waals surface area contributed by atoms with E-state index < -0.39 is 0 Å². The van der Waals surface area contributed by atoms with Crippen molar-refractivity contribution in [1.29, 1.82) is 0 Å². The molecular formula is C15H33N. The van der Waals surface area contributed by atoms with Crippen molar-refractivity contribution in [3.8, 4) is 0 Å². The van der Waals surface area contributed by atoms with Gasteiger partial charge in [-0.15, -0.1) is 0 Å². The Morgan fingerprint density at radius 3 is 1.88 bits per heavy atom. The average molecular weight is 227 g/mol. The van der Waals surface area contributed by atoms with Crippen LogP contribution < -0.4 is 0 Å². The fourth-order valence-corrected chi connectivity index (χ4v) is 2.55. The molecule has 0 rings (SSSR count). The van der Waals surface area contributed by atoms with Gasteiger partial charge in [-0.05, 0) is 46.1 Å². The van der Waals surface area contributed by atoms with Gasteiger partial charge in [0.1, 0.15) is 0 Å². The van der Waals surface area contributed by atoms with Gasteiger partial charge in [-0.2, -0.15) is 0 Å². The Labute approximate surface area is 104 Å². The molecule has 0 spiro atoms. The second-order valence-electron chi connectivity index (χ2n) is 6.11. The topological polar surface area (TPSA) is 3.24 Å². The maximum atomic E-state index is 2.73. The molecule has 16 heavy (non-hydrogen) atoms. The Bertz CT molecular complexity index is 169. The summed E-state index contributed by atoms with van der Waals surface area (Å²) < 4.78 is 0. The molecule has 0 fully saturated rings. The minimum atomic E-state index is 0.305. The van der Waals surface area contributed by atoms with Gasteiger partial charge in [-0.3, -0.25) is 4.90 Å². The van der Waals surface area contributed by atoms with Crippen LogP contribution >= 0.6 is 0 Å². The zero-order chi connectivity index (χ0) is 12.8. The van der Waals surface area contributed by atoms with Crippen LogP contribution in [0.15, 0.2) is 0 Å². The Kier molecular flexibility index (Phi) is 7.30. The summed E-state index contributed by atoms with van der Waals surface area (Å²) in [6, 6.07) is 0.759. The predicted molar refractivity (Wildman–Crippen MR) is 74.9 cm³/mol. The van der Waals surface area contributed by atoms with E-state index in [9.17, 15) is 0 Å². The Morgan fingerprint density at radius 1 is 1.00 bits per heavy atom. The molecule has 0 aromatic heterocycles. The highest BCUT2D eigenvalue weighted by atomic mass is 15.2. The van der Waals surface area contributed by atoms with Gasteiger partial charge < -0.3 is 0 Å². The summed E-state index contributed by atoms with van der Waals surface area (Å²) in [4.78, 5) is 2.73. The normalized spacial score (nSPS) is 16.5. The summed E-state index contributed by atoms with van der Waals surface area (Å²) in [7, 11) is 0. The zero-order valence-corrected chi connectivity index (χ0v) is 12.6. The molecule has 0 aliphatic carbocycles. The molecule has 0 aromatic rings. The molecule has 0 saturated heterocycles. The summed E-state index contributed by atoms with van der Waals surface area (Å²) in [5, 5.41) is 0. The first-order valence-electron chi connectivity index (χ1n) is 7.15. The van der Waals surface area contributed by atoms with E-state index in [0.717, 1.165) is 12.0 Å². The fraction of sp³-hybridized carbons (Fsp3) is 1.00. The van der Waals surface area contributed by atoms with Gasteiger partial charge in [0.2, 0.25) is 0 Å². The number of rotatable bonds is 7. The monoisotopic (exact) mass is 227 g/mol. The molecule has 0 bridgehead atoms. The third kappa shape index (κ3) is 4.86. The smallest absolute Gasteiger partial charge is 0.0128 e. The van der Waals surface area contributed by atoms with Crippen molar-refractivity contribution in [1.82, 2.24) is 4.90 Å². The van der Waals surface area contributed by atoms with Crippen molar-refractivity contribution >= 4 is 0 Å². The van der Waals surface area contributed by atoms with Gasteiger partial charge in [0.25, 0.3) is 0 Å². The molecule has 1 nitrogen and oxygen atoms in total. The molecule has 2 atom stereocenters. The summed E-state index contributed by atoms with van der Waals surface area (Å²) in [5.41, 5.74) is 0.305. The standard InChI is InChI=1S/C15H33N/c1-8-11-14(13(4)10-3)16(12-9-2)15(5,6)7/h13-14H,8-12H2,1-7H3.